The number of anilines is 4. The van der Waals surface area contributed by atoms with Crippen molar-refractivity contribution in [1.82, 2.24) is 30.0 Å². The topological polar surface area (TPSA) is 140 Å². The Hall–Kier alpha value is -4.10. The SMILES string of the molecule is CCN(CC)CCn1cc(-c2ccc(Nc3nc(Nc4ccc(CP)cc4)ncc3C(F)(F)F)c(C(=O)NC)c2)cn1.CCO.CCO. The van der Waals surface area contributed by atoms with Crippen molar-refractivity contribution in [1.29, 1.82) is 0 Å². The third kappa shape index (κ3) is 12.2. The number of hydrogen-bond donors (Lipinski definition) is 5. The van der Waals surface area contributed by atoms with Crippen molar-refractivity contribution in [3.8, 4) is 11.1 Å². The van der Waals surface area contributed by atoms with Gasteiger partial charge in [-0.05, 0) is 68.5 Å². The van der Waals surface area contributed by atoms with E-state index < -0.39 is 23.5 Å². The average molecular weight is 691 g/mol. The minimum absolute atomic E-state index is 0.0284. The summed E-state index contributed by atoms with van der Waals surface area (Å²) in [6.45, 7) is 11.5. The van der Waals surface area contributed by atoms with Crippen molar-refractivity contribution in [3.05, 3.63) is 77.7 Å². The predicted octanol–water partition coefficient (Wildman–Crippen LogP) is 5.92. The van der Waals surface area contributed by atoms with E-state index in [1.54, 1.807) is 50.4 Å². The molecule has 0 fully saturated rings. The van der Waals surface area contributed by atoms with Gasteiger partial charge in [0.05, 0.1) is 24.0 Å². The standard InChI is InChI=1S/C29H34F3N8OP.2C2H6O/c1-4-39(5-2)12-13-40-17-21(15-35-40)20-8-11-25(23(14-20)27(41)33-3)37-26-24(29(30,31)32)16-34-28(38-26)36-22-9-6-19(18-42)7-10-22;2*1-2-3/h6-11,14-17H,4-5,12-13,18,42H2,1-3H3,(H,33,41)(H2,34,36,37,38);2*3H,2H2,1H3. The first-order valence-electron chi connectivity index (χ1n) is 15.6. The first kappa shape index (κ1) is 40.1. The first-order valence-corrected chi connectivity index (χ1v) is 16.4. The van der Waals surface area contributed by atoms with Crippen LogP contribution in [0.25, 0.3) is 11.1 Å². The van der Waals surface area contributed by atoms with E-state index >= 15 is 0 Å². The van der Waals surface area contributed by atoms with Crippen molar-refractivity contribution >= 4 is 38.3 Å². The quantitative estimate of drug-likeness (QED) is 0.115. The van der Waals surface area contributed by atoms with Gasteiger partial charge in [0.25, 0.3) is 5.91 Å². The van der Waals surface area contributed by atoms with Crippen LogP contribution in [0.2, 0.25) is 0 Å². The van der Waals surface area contributed by atoms with Crippen molar-refractivity contribution < 1.29 is 28.2 Å². The Balaban J connectivity index is 0.00000124. The number of hydrogen-bond acceptors (Lipinski definition) is 9. The molecule has 0 saturated heterocycles. The van der Waals surface area contributed by atoms with Crippen LogP contribution in [0.4, 0.5) is 36.3 Å². The molecule has 0 aliphatic heterocycles. The van der Waals surface area contributed by atoms with E-state index in [-0.39, 0.29) is 30.4 Å². The number of aliphatic hydroxyl groups is 2. The number of carbonyl (C=O) groups excluding carboxylic acids is 1. The van der Waals surface area contributed by atoms with Gasteiger partial charge in [-0.2, -0.15) is 23.3 Å². The second kappa shape index (κ2) is 20.3. The second-order valence-electron chi connectivity index (χ2n) is 10.1. The van der Waals surface area contributed by atoms with Gasteiger partial charge >= 0.3 is 6.18 Å². The smallest absolute Gasteiger partial charge is 0.397 e. The van der Waals surface area contributed by atoms with Gasteiger partial charge in [0, 0.05) is 50.5 Å². The average Bonchev–Trinajstić information content (AvgIpc) is 3.55. The van der Waals surface area contributed by atoms with Gasteiger partial charge in [-0.3, -0.25) is 9.48 Å². The van der Waals surface area contributed by atoms with E-state index in [4.69, 9.17) is 10.2 Å². The number of amides is 1. The molecule has 0 aliphatic carbocycles. The summed E-state index contributed by atoms with van der Waals surface area (Å²) >= 11 is 0. The number of benzene rings is 2. The maximum atomic E-state index is 13.9. The molecule has 0 spiro atoms. The minimum Gasteiger partial charge on any atom is -0.397 e. The van der Waals surface area contributed by atoms with Crippen molar-refractivity contribution in [2.75, 3.05) is 50.5 Å². The zero-order valence-electron chi connectivity index (χ0n) is 28.0. The third-order valence-corrected chi connectivity index (χ3v) is 7.26. The number of rotatable bonds is 12. The van der Waals surface area contributed by atoms with Crippen LogP contribution in [-0.4, -0.2) is 80.7 Å². The first-order chi connectivity index (χ1) is 23.0. The van der Waals surface area contributed by atoms with Gasteiger partial charge < -0.3 is 31.1 Å². The predicted molar refractivity (Wildman–Crippen MR) is 188 cm³/mol. The summed E-state index contributed by atoms with van der Waals surface area (Å²) in [5.41, 5.74) is 2.43. The van der Waals surface area contributed by atoms with E-state index in [2.05, 4.69) is 59.0 Å². The van der Waals surface area contributed by atoms with E-state index in [0.29, 0.717) is 17.8 Å². The molecule has 2 aromatic carbocycles. The van der Waals surface area contributed by atoms with Crippen LogP contribution in [0.3, 0.4) is 0 Å². The fourth-order valence-corrected chi connectivity index (χ4v) is 4.57. The van der Waals surface area contributed by atoms with Crippen molar-refractivity contribution in [2.45, 2.75) is 46.6 Å². The Kier molecular flexibility index (Phi) is 17.0. The van der Waals surface area contributed by atoms with Gasteiger partial charge in [0.15, 0.2) is 0 Å². The highest BCUT2D eigenvalue weighted by molar-refractivity contribution is 7.15. The maximum Gasteiger partial charge on any atom is 0.421 e. The number of alkyl halides is 3. The van der Waals surface area contributed by atoms with Gasteiger partial charge in [0.1, 0.15) is 11.4 Å². The molecule has 4 aromatic rings. The zero-order chi connectivity index (χ0) is 35.7. The van der Waals surface area contributed by atoms with Crippen LogP contribution >= 0.6 is 9.24 Å². The second-order valence-corrected chi connectivity index (χ2v) is 10.5. The lowest BCUT2D eigenvalue weighted by Crippen LogP contribution is -2.27. The lowest BCUT2D eigenvalue weighted by molar-refractivity contribution is -0.137. The number of nitrogens with zero attached hydrogens (tertiary/aromatic N) is 5. The molecular formula is C33H46F3N8O3P. The third-order valence-electron chi connectivity index (χ3n) is 6.79. The van der Waals surface area contributed by atoms with Crippen LogP contribution in [-0.2, 0) is 18.9 Å². The number of aromatic nitrogens is 4. The number of carbonyl (C=O) groups is 1. The van der Waals surface area contributed by atoms with Gasteiger partial charge in [-0.1, -0.05) is 32.0 Å². The van der Waals surface area contributed by atoms with E-state index in [0.717, 1.165) is 43.1 Å². The largest absolute Gasteiger partial charge is 0.421 e. The highest BCUT2D eigenvalue weighted by Gasteiger charge is 2.35. The molecule has 0 bridgehead atoms. The molecule has 0 aliphatic rings. The summed E-state index contributed by atoms with van der Waals surface area (Å²) in [4.78, 5) is 23.1. The van der Waals surface area contributed by atoms with E-state index in [9.17, 15) is 18.0 Å². The highest BCUT2D eigenvalue weighted by atomic mass is 31.0. The summed E-state index contributed by atoms with van der Waals surface area (Å²) in [5.74, 6) is -0.980. The van der Waals surface area contributed by atoms with E-state index in [1.165, 1.54) is 7.05 Å². The van der Waals surface area contributed by atoms with Gasteiger partial charge in [-0.15, -0.1) is 9.24 Å². The molecule has 1 amide bonds. The summed E-state index contributed by atoms with van der Waals surface area (Å²) < 4.78 is 43.6. The Bertz CT molecular complexity index is 1550. The Labute approximate surface area is 282 Å². The maximum absolute atomic E-state index is 13.9. The Morgan fingerprint density at radius 3 is 2.17 bits per heavy atom. The summed E-state index contributed by atoms with van der Waals surface area (Å²) in [6, 6.07) is 12.3. The van der Waals surface area contributed by atoms with Crippen LogP contribution in [0.15, 0.2) is 61.1 Å². The van der Waals surface area contributed by atoms with Crippen LogP contribution < -0.4 is 16.0 Å². The van der Waals surface area contributed by atoms with Crippen molar-refractivity contribution in [3.63, 3.8) is 0 Å². The molecule has 2 aromatic heterocycles. The Morgan fingerprint density at radius 2 is 1.60 bits per heavy atom. The molecule has 2 heterocycles. The van der Waals surface area contributed by atoms with Crippen LogP contribution in [0, 0.1) is 0 Å². The molecule has 1 unspecified atom stereocenters. The molecule has 11 nitrogen and oxygen atoms in total. The molecule has 0 radical (unpaired) electrons. The molecule has 5 N–H and O–H groups in total. The van der Waals surface area contributed by atoms with Crippen LogP contribution in [0.5, 0.6) is 0 Å². The van der Waals surface area contributed by atoms with E-state index in [1.807, 2.05) is 23.0 Å². The molecule has 48 heavy (non-hydrogen) atoms. The fraction of sp³-hybridized carbons (Fsp3) is 0.394. The summed E-state index contributed by atoms with van der Waals surface area (Å²) in [6.07, 6.45) is 0.351. The highest BCUT2D eigenvalue weighted by Crippen LogP contribution is 2.36. The van der Waals surface area contributed by atoms with Crippen LogP contribution in [0.1, 0.15) is 49.2 Å². The number of aliphatic hydroxyl groups excluding tert-OH is 2. The molecule has 15 heteroatoms. The monoisotopic (exact) mass is 690 g/mol. The molecule has 262 valence electrons. The molecule has 4 rings (SSSR count). The lowest BCUT2D eigenvalue weighted by Gasteiger charge is -2.17. The fourth-order valence-electron chi connectivity index (χ4n) is 4.30. The number of halogens is 3. The van der Waals surface area contributed by atoms with Crippen molar-refractivity contribution in [2.24, 2.45) is 0 Å². The van der Waals surface area contributed by atoms with Gasteiger partial charge in [0.2, 0.25) is 5.95 Å². The summed E-state index contributed by atoms with van der Waals surface area (Å²) in [5, 5.41) is 27.8. The molecule has 1 atom stereocenters. The molecular weight excluding hydrogens is 644 g/mol. The Morgan fingerprint density at radius 1 is 0.958 bits per heavy atom. The minimum atomic E-state index is -4.73. The van der Waals surface area contributed by atoms with Gasteiger partial charge in [-0.25, -0.2) is 4.98 Å². The zero-order valence-corrected chi connectivity index (χ0v) is 29.1. The number of likely N-dealkylation sites (N-methyl/N-ethyl adjacent to an activating group) is 1. The lowest BCUT2D eigenvalue weighted by atomic mass is 10.0. The number of nitrogens with one attached hydrogen (secondary N) is 3. The molecule has 0 saturated carbocycles. The normalized spacial score (nSPS) is 10.8. The summed E-state index contributed by atoms with van der Waals surface area (Å²) in [7, 11) is 4.09.